The zero-order valence-corrected chi connectivity index (χ0v) is 14.9. The quantitative estimate of drug-likeness (QED) is 0.709. The van der Waals surface area contributed by atoms with Crippen molar-refractivity contribution in [2.45, 2.75) is 19.5 Å². The second kappa shape index (κ2) is 7.48. The van der Waals surface area contributed by atoms with Gasteiger partial charge >= 0.3 is 0 Å². The van der Waals surface area contributed by atoms with Crippen LogP contribution < -0.4 is 5.32 Å². The van der Waals surface area contributed by atoms with E-state index in [1.54, 1.807) is 13.4 Å². The zero-order chi connectivity index (χ0) is 17.8. The number of carbonyl (C=O) groups is 1. The van der Waals surface area contributed by atoms with Crippen molar-refractivity contribution < 1.29 is 4.79 Å². The van der Waals surface area contributed by atoms with Gasteiger partial charge in [0, 0.05) is 25.4 Å². The lowest BCUT2D eigenvalue weighted by molar-refractivity contribution is 0.0963. The van der Waals surface area contributed by atoms with Gasteiger partial charge in [-0.25, -0.2) is 4.98 Å². The maximum Gasteiger partial charge on any atom is 0.251 e. The number of fused-ring (bicyclic) bond motifs is 1. The number of carbonyl (C=O) groups excluding carboxylic acids is 1. The third-order valence-corrected chi connectivity index (χ3v) is 4.13. The molecular formula is C18H24N6O. The Morgan fingerprint density at radius 3 is 2.88 bits per heavy atom. The van der Waals surface area contributed by atoms with Crippen LogP contribution in [0.4, 0.5) is 0 Å². The molecule has 1 aromatic carbocycles. The van der Waals surface area contributed by atoms with Gasteiger partial charge < -0.3 is 14.8 Å². The lowest BCUT2D eigenvalue weighted by atomic mass is 10.2. The molecule has 0 radical (unpaired) electrons. The number of amides is 1. The van der Waals surface area contributed by atoms with Gasteiger partial charge in [-0.2, -0.15) is 5.10 Å². The molecule has 0 saturated heterocycles. The smallest absolute Gasteiger partial charge is 0.251 e. The fraction of sp³-hybridized carbons (Fsp3) is 0.389. The highest BCUT2D eigenvalue weighted by Gasteiger charge is 2.09. The molecule has 132 valence electrons. The van der Waals surface area contributed by atoms with E-state index in [-0.39, 0.29) is 5.91 Å². The second-order valence-electron chi connectivity index (χ2n) is 6.38. The van der Waals surface area contributed by atoms with Crippen LogP contribution in [0.2, 0.25) is 0 Å². The summed E-state index contributed by atoms with van der Waals surface area (Å²) in [5.74, 6) is -0.104. The molecule has 7 heteroatoms. The first-order chi connectivity index (χ1) is 12.1. The Morgan fingerprint density at radius 1 is 1.28 bits per heavy atom. The number of rotatable bonds is 7. The van der Waals surface area contributed by atoms with Gasteiger partial charge in [-0.15, -0.1) is 0 Å². The molecule has 0 saturated carbocycles. The summed E-state index contributed by atoms with van der Waals surface area (Å²) in [6.45, 7) is 2.63. The van der Waals surface area contributed by atoms with Crippen LogP contribution in [0.5, 0.6) is 0 Å². The third kappa shape index (κ3) is 4.06. The maximum atomic E-state index is 11.7. The highest BCUT2D eigenvalue weighted by molar-refractivity contribution is 5.97. The highest BCUT2D eigenvalue weighted by Crippen LogP contribution is 2.16. The van der Waals surface area contributed by atoms with E-state index < -0.39 is 0 Å². The monoisotopic (exact) mass is 340 g/mol. The first kappa shape index (κ1) is 17.2. The van der Waals surface area contributed by atoms with E-state index >= 15 is 0 Å². The molecule has 0 aliphatic carbocycles. The van der Waals surface area contributed by atoms with E-state index in [1.807, 2.05) is 35.1 Å². The predicted molar refractivity (Wildman–Crippen MR) is 97.6 cm³/mol. The minimum absolute atomic E-state index is 0.104. The first-order valence-corrected chi connectivity index (χ1v) is 8.41. The number of nitrogens with zero attached hydrogens (tertiary/aromatic N) is 5. The Balaban J connectivity index is 1.71. The summed E-state index contributed by atoms with van der Waals surface area (Å²) in [6.07, 6.45) is 4.89. The van der Waals surface area contributed by atoms with Crippen molar-refractivity contribution in [3.63, 3.8) is 0 Å². The van der Waals surface area contributed by atoms with Crippen LogP contribution in [0.25, 0.3) is 11.0 Å². The molecule has 1 amide bonds. The number of nitrogens with one attached hydrogen (secondary N) is 1. The molecule has 25 heavy (non-hydrogen) atoms. The number of hydrogen-bond acceptors (Lipinski definition) is 4. The number of hydrogen-bond donors (Lipinski definition) is 1. The summed E-state index contributed by atoms with van der Waals surface area (Å²) in [6, 6.07) is 7.60. The van der Waals surface area contributed by atoms with Crippen LogP contribution in [-0.4, -0.2) is 57.8 Å². The van der Waals surface area contributed by atoms with E-state index in [2.05, 4.69) is 39.0 Å². The molecule has 2 aromatic heterocycles. The maximum absolute atomic E-state index is 11.7. The van der Waals surface area contributed by atoms with Crippen molar-refractivity contribution in [1.29, 1.82) is 0 Å². The summed E-state index contributed by atoms with van der Waals surface area (Å²) >= 11 is 0. The fourth-order valence-electron chi connectivity index (χ4n) is 2.81. The standard InChI is InChI=1S/C18H24N6O/c1-19-18(25)14-5-6-17-16(11-14)20-13-23(17)12-15-7-10-24(21-15)9-4-8-22(2)3/h5-7,10-11,13H,4,8-9,12H2,1-3H3,(H,19,25). The summed E-state index contributed by atoms with van der Waals surface area (Å²) < 4.78 is 4.04. The van der Waals surface area contributed by atoms with Gasteiger partial charge in [0.25, 0.3) is 5.91 Å². The largest absolute Gasteiger partial charge is 0.355 e. The molecular weight excluding hydrogens is 316 g/mol. The topological polar surface area (TPSA) is 68.0 Å². The average Bonchev–Trinajstić information content (AvgIpc) is 3.21. The van der Waals surface area contributed by atoms with Crippen LogP contribution in [0.3, 0.4) is 0 Å². The Kier molecular flexibility index (Phi) is 5.14. The first-order valence-electron chi connectivity index (χ1n) is 8.41. The van der Waals surface area contributed by atoms with Crippen LogP contribution >= 0.6 is 0 Å². The molecule has 0 spiro atoms. The lowest BCUT2D eigenvalue weighted by Gasteiger charge is -2.08. The summed E-state index contributed by atoms with van der Waals surface area (Å²) in [4.78, 5) is 18.3. The summed E-state index contributed by atoms with van der Waals surface area (Å²) in [5, 5.41) is 7.26. The van der Waals surface area contributed by atoms with Gasteiger partial charge in [0.2, 0.25) is 0 Å². The summed E-state index contributed by atoms with van der Waals surface area (Å²) in [5.41, 5.74) is 3.42. The van der Waals surface area contributed by atoms with E-state index in [0.29, 0.717) is 12.1 Å². The normalized spacial score (nSPS) is 11.4. The molecule has 3 aromatic rings. The molecule has 0 aliphatic heterocycles. The van der Waals surface area contributed by atoms with Crippen molar-refractivity contribution in [1.82, 2.24) is 29.5 Å². The number of benzene rings is 1. The van der Waals surface area contributed by atoms with Gasteiger partial charge in [0.1, 0.15) is 0 Å². The minimum atomic E-state index is -0.104. The molecule has 0 aliphatic rings. The molecule has 0 fully saturated rings. The van der Waals surface area contributed by atoms with Crippen molar-refractivity contribution in [2.24, 2.45) is 0 Å². The van der Waals surface area contributed by atoms with Crippen molar-refractivity contribution in [2.75, 3.05) is 27.7 Å². The second-order valence-corrected chi connectivity index (χ2v) is 6.38. The fourth-order valence-corrected chi connectivity index (χ4v) is 2.81. The SMILES string of the molecule is CNC(=O)c1ccc2c(c1)ncn2Cc1ccn(CCCN(C)C)n1. The highest BCUT2D eigenvalue weighted by atomic mass is 16.1. The Bertz CT molecular complexity index is 863. The van der Waals surface area contributed by atoms with Crippen LogP contribution in [0.15, 0.2) is 36.8 Å². The predicted octanol–water partition coefficient (Wildman–Crippen LogP) is 1.59. The molecule has 7 nitrogen and oxygen atoms in total. The molecule has 2 heterocycles. The lowest BCUT2D eigenvalue weighted by Crippen LogP contribution is -2.17. The van der Waals surface area contributed by atoms with Gasteiger partial charge in [-0.1, -0.05) is 0 Å². The van der Waals surface area contributed by atoms with Crippen molar-refractivity contribution in [3.8, 4) is 0 Å². The van der Waals surface area contributed by atoms with Crippen LogP contribution in [0, 0.1) is 0 Å². The molecule has 3 rings (SSSR count). The van der Waals surface area contributed by atoms with Crippen LogP contribution in [0.1, 0.15) is 22.5 Å². The van der Waals surface area contributed by atoms with Crippen molar-refractivity contribution >= 4 is 16.9 Å². The van der Waals surface area contributed by atoms with Gasteiger partial charge in [0.15, 0.2) is 0 Å². The Hall–Kier alpha value is -2.67. The summed E-state index contributed by atoms with van der Waals surface area (Å²) in [7, 11) is 5.78. The molecule has 1 N–H and O–H groups in total. The Labute approximate surface area is 147 Å². The molecule has 0 bridgehead atoms. The number of aromatic nitrogens is 4. The van der Waals surface area contributed by atoms with Gasteiger partial charge in [0.05, 0.1) is 29.6 Å². The zero-order valence-electron chi connectivity index (χ0n) is 14.9. The third-order valence-electron chi connectivity index (χ3n) is 4.13. The minimum Gasteiger partial charge on any atom is -0.355 e. The molecule has 0 atom stereocenters. The number of aryl methyl sites for hydroxylation is 1. The number of imidazole rings is 1. The van der Waals surface area contributed by atoms with Crippen molar-refractivity contribution in [3.05, 3.63) is 48.0 Å². The van der Waals surface area contributed by atoms with E-state index in [0.717, 1.165) is 36.2 Å². The average molecular weight is 340 g/mol. The van der Waals surface area contributed by atoms with E-state index in [9.17, 15) is 4.79 Å². The van der Waals surface area contributed by atoms with Gasteiger partial charge in [-0.05, 0) is 51.3 Å². The Morgan fingerprint density at radius 2 is 2.12 bits per heavy atom. The van der Waals surface area contributed by atoms with E-state index in [4.69, 9.17) is 0 Å². The van der Waals surface area contributed by atoms with Crippen LogP contribution in [-0.2, 0) is 13.1 Å². The van der Waals surface area contributed by atoms with E-state index in [1.165, 1.54) is 0 Å². The molecule has 0 unspecified atom stereocenters. The van der Waals surface area contributed by atoms with Gasteiger partial charge in [-0.3, -0.25) is 9.48 Å².